The summed E-state index contributed by atoms with van der Waals surface area (Å²) in [7, 11) is 0. The first-order valence-electron chi connectivity index (χ1n) is 7.48. The molecule has 0 bridgehead atoms. The first-order chi connectivity index (χ1) is 9.72. The second-order valence-corrected chi connectivity index (χ2v) is 5.19. The van der Waals surface area contributed by atoms with Gasteiger partial charge in [-0.2, -0.15) is 5.10 Å². The van der Waals surface area contributed by atoms with Gasteiger partial charge in [0.25, 0.3) is 0 Å². The third-order valence-electron chi connectivity index (χ3n) is 3.55. The lowest BCUT2D eigenvalue weighted by Crippen LogP contribution is -2.16. The predicted molar refractivity (Wildman–Crippen MR) is 80.8 cm³/mol. The van der Waals surface area contributed by atoms with Crippen LogP contribution in [0.4, 0.5) is 0 Å². The summed E-state index contributed by atoms with van der Waals surface area (Å²) in [4.78, 5) is 4.43. The molecule has 0 spiro atoms. The average molecular weight is 275 g/mol. The van der Waals surface area contributed by atoms with E-state index in [0.717, 1.165) is 43.9 Å². The molecule has 20 heavy (non-hydrogen) atoms. The minimum Gasteiger partial charge on any atom is -0.331 e. The minimum atomic E-state index is 0.460. The number of likely N-dealkylation sites (N-methyl/N-ethyl adjacent to an activating group) is 1. The van der Waals surface area contributed by atoms with E-state index in [1.807, 2.05) is 11.0 Å². The maximum absolute atomic E-state index is 4.62. The smallest absolute Gasteiger partial charge is 0.0953 e. The van der Waals surface area contributed by atoms with Crippen LogP contribution in [0.3, 0.4) is 0 Å². The number of hydrogen-bond acceptors (Lipinski definition) is 3. The summed E-state index contributed by atoms with van der Waals surface area (Å²) >= 11 is 0. The van der Waals surface area contributed by atoms with E-state index in [2.05, 4.69) is 59.2 Å². The highest BCUT2D eigenvalue weighted by molar-refractivity contribution is 5.04. The summed E-state index contributed by atoms with van der Waals surface area (Å²) in [5.41, 5.74) is 2.22. The monoisotopic (exact) mass is 275 g/mol. The predicted octanol–water partition coefficient (Wildman–Crippen LogP) is 2.25. The normalized spacial score (nSPS) is 12.8. The van der Waals surface area contributed by atoms with E-state index >= 15 is 0 Å². The topological polar surface area (TPSA) is 47.7 Å². The fourth-order valence-corrected chi connectivity index (χ4v) is 2.10. The van der Waals surface area contributed by atoms with E-state index in [4.69, 9.17) is 0 Å². The molecular formula is C15H25N5. The molecule has 1 N–H and O–H groups in total. The number of imidazole rings is 1. The number of rotatable bonds is 8. The summed E-state index contributed by atoms with van der Waals surface area (Å²) < 4.78 is 4.14. The minimum absolute atomic E-state index is 0.460. The Labute approximate surface area is 121 Å². The van der Waals surface area contributed by atoms with Gasteiger partial charge in [-0.05, 0) is 26.0 Å². The third-order valence-corrected chi connectivity index (χ3v) is 3.55. The van der Waals surface area contributed by atoms with Crippen molar-refractivity contribution in [3.63, 3.8) is 0 Å². The van der Waals surface area contributed by atoms with Gasteiger partial charge in [0.1, 0.15) is 0 Å². The van der Waals surface area contributed by atoms with Gasteiger partial charge < -0.3 is 9.88 Å². The fraction of sp³-hybridized carbons (Fsp3) is 0.600. The number of hydrogen-bond donors (Lipinski definition) is 1. The summed E-state index contributed by atoms with van der Waals surface area (Å²) in [6.45, 7) is 9.26. The van der Waals surface area contributed by atoms with Crippen LogP contribution in [0.5, 0.6) is 0 Å². The van der Waals surface area contributed by atoms with Crippen LogP contribution in [0.25, 0.3) is 0 Å². The molecule has 5 heteroatoms. The maximum Gasteiger partial charge on any atom is 0.0953 e. The number of nitrogens with one attached hydrogen (secondary N) is 1. The molecule has 5 nitrogen and oxygen atoms in total. The van der Waals surface area contributed by atoms with E-state index in [-0.39, 0.29) is 0 Å². The van der Waals surface area contributed by atoms with Gasteiger partial charge in [-0.25, -0.2) is 4.98 Å². The van der Waals surface area contributed by atoms with Gasteiger partial charge >= 0.3 is 0 Å². The van der Waals surface area contributed by atoms with Crippen LogP contribution in [0.2, 0.25) is 0 Å². The maximum atomic E-state index is 4.62. The zero-order chi connectivity index (χ0) is 14.4. The average Bonchev–Trinajstić information content (AvgIpc) is 3.08. The lowest BCUT2D eigenvalue weighted by molar-refractivity contribution is 0.472. The number of aromatic nitrogens is 4. The highest BCUT2D eigenvalue weighted by Gasteiger charge is 2.06. The van der Waals surface area contributed by atoms with Crippen molar-refractivity contribution < 1.29 is 0 Å². The molecule has 0 amide bonds. The zero-order valence-corrected chi connectivity index (χ0v) is 12.7. The van der Waals surface area contributed by atoms with Crippen molar-refractivity contribution in [1.29, 1.82) is 0 Å². The molecular weight excluding hydrogens is 250 g/mol. The summed E-state index contributed by atoms with van der Waals surface area (Å²) in [5.74, 6) is 0. The molecule has 1 atom stereocenters. The largest absolute Gasteiger partial charge is 0.331 e. The van der Waals surface area contributed by atoms with Crippen molar-refractivity contribution in [1.82, 2.24) is 24.6 Å². The van der Waals surface area contributed by atoms with Crippen molar-refractivity contribution in [3.8, 4) is 0 Å². The molecule has 0 aromatic carbocycles. The van der Waals surface area contributed by atoms with Crippen molar-refractivity contribution in [2.45, 2.75) is 46.2 Å². The van der Waals surface area contributed by atoms with Crippen LogP contribution in [0, 0.1) is 0 Å². The van der Waals surface area contributed by atoms with Crippen molar-refractivity contribution in [2.24, 2.45) is 0 Å². The number of nitrogens with zero attached hydrogens (tertiary/aromatic N) is 4. The highest BCUT2D eigenvalue weighted by atomic mass is 15.3. The molecule has 2 aromatic rings. The van der Waals surface area contributed by atoms with E-state index < -0.39 is 0 Å². The first kappa shape index (κ1) is 14.8. The summed E-state index contributed by atoms with van der Waals surface area (Å²) in [6, 6.07) is 2.55. The highest BCUT2D eigenvalue weighted by Crippen LogP contribution is 2.10. The first-order valence-corrected chi connectivity index (χ1v) is 7.48. The Morgan fingerprint density at radius 3 is 2.90 bits per heavy atom. The van der Waals surface area contributed by atoms with Crippen molar-refractivity contribution in [3.05, 3.63) is 36.2 Å². The van der Waals surface area contributed by atoms with Gasteiger partial charge in [0.2, 0.25) is 0 Å². The zero-order valence-electron chi connectivity index (χ0n) is 12.7. The molecule has 0 saturated heterocycles. The second kappa shape index (κ2) is 7.24. The van der Waals surface area contributed by atoms with Crippen LogP contribution < -0.4 is 5.32 Å². The third kappa shape index (κ3) is 3.93. The molecule has 0 saturated carbocycles. The Kier molecular flexibility index (Phi) is 5.35. The van der Waals surface area contributed by atoms with Gasteiger partial charge in [0.05, 0.1) is 24.3 Å². The van der Waals surface area contributed by atoms with Crippen molar-refractivity contribution in [2.75, 3.05) is 13.1 Å². The van der Waals surface area contributed by atoms with Crippen LogP contribution >= 0.6 is 0 Å². The molecule has 0 aliphatic heterocycles. The van der Waals surface area contributed by atoms with E-state index in [9.17, 15) is 0 Å². The Balaban J connectivity index is 1.91. The van der Waals surface area contributed by atoms with Gasteiger partial charge in [-0.3, -0.25) is 4.68 Å². The quantitative estimate of drug-likeness (QED) is 0.752. The van der Waals surface area contributed by atoms with E-state index in [1.165, 1.54) is 0 Å². The molecule has 0 aliphatic rings. The second-order valence-electron chi connectivity index (χ2n) is 5.19. The Bertz CT molecular complexity index is 514. The van der Waals surface area contributed by atoms with E-state index in [1.54, 1.807) is 0 Å². The Morgan fingerprint density at radius 2 is 2.15 bits per heavy atom. The summed E-state index contributed by atoms with van der Waals surface area (Å²) in [5, 5.41) is 7.93. The fourth-order valence-electron chi connectivity index (χ4n) is 2.10. The molecule has 2 rings (SSSR count). The summed E-state index contributed by atoms with van der Waals surface area (Å²) in [6.07, 6.45) is 8.14. The van der Waals surface area contributed by atoms with Gasteiger partial charge in [0.15, 0.2) is 0 Å². The van der Waals surface area contributed by atoms with Crippen molar-refractivity contribution >= 4 is 0 Å². The van der Waals surface area contributed by atoms with Crippen LogP contribution in [-0.4, -0.2) is 32.4 Å². The molecule has 2 heterocycles. The molecule has 2 aromatic heterocycles. The van der Waals surface area contributed by atoms with Gasteiger partial charge in [-0.15, -0.1) is 0 Å². The van der Waals surface area contributed by atoms with Crippen LogP contribution in [0.1, 0.15) is 44.6 Å². The molecule has 110 valence electrons. The molecule has 1 unspecified atom stereocenters. The molecule has 0 aliphatic carbocycles. The Hall–Kier alpha value is -1.62. The van der Waals surface area contributed by atoms with Crippen LogP contribution in [0.15, 0.2) is 24.8 Å². The lowest BCUT2D eigenvalue weighted by atomic mass is 10.3. The standard InChI is InChI=1S/C15H25N5/c1-4-13(3)20-9-7-15(18-20)11-19-10-14(17-12-19)6-8-16-5-2/h7,9-10,12-13,16H,4-6,8,11H2,1-3H3. The van der Waals surface area contributed by atoms with Crippen LogP contribution in [-0.2, 0) is 13.0 Å². The van der Waals surface area contributed by atoms with E-state index in [0.29, 0.717) is 6.04 Å². The SMILES string of the molecule is CCNCCc1cn(Cc2ccn(C(C)CC)n2)cn1. The lowest BCUT2D eigenvalue weighted by Gasteiger charge is -2.08. The molecule has 0 radical (unpaired) electrons. The van der Waals surface area contributed by atoms with Gasteiger partial charge in [-0.1, -0.05) is 13.8 Å². The molecule has 0 fully saturated rings. The Morgan fingerprint density at radius 1 is 1.30 bits per heavy atom. The van der Waals surface area contributed by atoms with Gasteiger partial charge in [0, 0.05) is 31.4 Å².